The number of rotatable bonds is 8. The highest BCUT2D eigenvalue weighted by molar-refractivity contribution is 5.55. The lowest BCUT2D eigenvalue weighted by atomic mass is 10.2. The van der Waals surface area contributed by atoms with Crippen molar-refractivity contribution in [3.05, 3.63) is 30.7 Å². The highest BCUT2D eigenvalue weighted by Crippen LogP contribution is 2.19. The molecule has 0 bridgehead atoms. The number of nitrogens with zero attached hydrogens (tertiary/aromatic N) is 2. The maximum atomic E-state index is 5.69. The van der Waals surface area contributed by atoms with Gasteiger partial charge in [0.1, 0.15) is 5.75 Å². The molecule has 2 aromatic rings. The molecule has 1 heterocycles. The average molecular weight is 260 g/mol. The van der Waals surface area contributed by atoms with Gasteiger partial charge in [-0.05, 0) is 30.7 Å². The van der Waals surface area contributed by atoms with Crippen molar-refractivity contribution >= 4 is 0 Å². The quantitative estimate of drug-likeness (QED) is 0.671. The number of benzene rings is 1. The van der Waals surface area contributed by atoms with E-state index in [1.54, 1.807) is 0 Å². The van der Waals surface area contributed by atoms with Gasteiger partial charge in [0.15, 0.2) is 0 Å². The Hall–Kier alpha value is -1.84. The topological polar surface area (TPSA) is 48.2 Å². The minimum Gasteiger partial charge on any atom is -0.494 e. The van der Waals surface area contributed by atoms with E-state index in [1.807, 2.05) is 24.3 Å². The van der Waals surface area contributed by atoms with Crippen LogP contribution in [-0.4, -0.2) is 16.7 Å². The van der Waals surface area contributed by atoms with Crippen LogP contribution in [-0.2, 0) is 0 Å². The Bertz CT molecular complexity index is 452. The summed E-state index contributed by atoms with van der Waals surface area (Å²) >= 11 is 0. The summed E-state index contributed by atoms with van der Waals surface area (Å²) in [5.74, 6) is 1.49. The Kier molecular flexibility index (Phi) is 5.41. The molecule has 0 saturated heterocycles. The van der Waals surface area contributed by atoms with Crippen LogP contribution in [0.5, 0.6) is 5.75 Å². The molecule has 0 aliphatic carbocycles. The highest BCUT2D eigenvalue weighted by atomic mass is 16.5. The van der Waals surface area contributed by atoms with Crippen molar-refractivity contribution in [3.63, 3.8) is 0 Å². The van der Waals surface area contributed by atoms with Crippen molar-refractivity contribution in [2.45, 2.75) is 39.0 Å². The van der Waals surface area contributed by atoms with Gasteiger partial charge >= 0.3 is 0 Å². The van der Waals surface area contributed by atoms with Crippen LogP contribution in [0.15, 0.2) is 35.2 Å². The van der Waals surface area contributed by atoms with Gasteiger partial charge in [-0.15, -0.1) is 0 Å². The van der Waals surface area contributed by atoms with Crippen LogP contribution >= 0.6 is 0 Å². The number of aromatic nitrogens is 2. The van der Waals surface area contributed by atoms with Crippen molar-refractivity contribution in [2.24, 2.45) is 0 Å². The predicted octanol–water partition coefficient (Wildman–Crippen LogP) is 4.09. The van der Waals surface area contributed by atoms with Gasteiger partial charge in [0.05, 0.1) is 6.61 Å². The smallest absolute Gasteiger partial charge is 0.214 e. The third-order valence-electron chi connectivity index (χ3n) is 2.99. The SMILES string of the molecule is CCCCCCCOc1ccc(-c2ncon2)cc1. The van der Waals surface area contributed by atoms with Gasteiger partial charge in [-0.3, -0.25) is 0 Å². The second kappa shape index (κ2) is 7.56. The first-order valence-electron chi connectivity index (χ1n) is 6.89. The summed E-state index contributed by atoms with van der Waals surface area (Å²) in [5, 5.41) is 3.79. The summed E-state index contributed by atoms with van der Waals surface area (Å²) in [6, 6.07) is 7.77. The molecule has 1 aromatic carbocycles. The molecule has 0 spiro atoms. The molecule has 0 N–H and O–H groups in total. The van der Waals surface area contributed by atoms with Crippen molar-refractivity contribution in [3.8, 4) is 17.1 Å². The maximum absolute atomic E-state index is 5.69. The van der Waals surface area contributed by atoms with Crippen LogP contribution in [0, 0.1) is 0 Å². The lowest BCUT2D eigenvalue weighted by Crippen LogP contribution is -1.97. The molecule has 0 saturated carbocycles. The van der Waals surface area contributed by atoms with Crippen molar-refractivity contribution in [2.75, 3.05) is 6.61 Å². The zero-order valence-electron chi connectivity index (χ0n) is 11.3. The van der Waals surface area contributed by atoms with Crippen LogP contribution in [0.2, 0.25) is 0 Å². The van der Waals surface area contributed by atoms with Gasteiger partial charge in [-0.25, -0.2) is 0 Å². The van der Waals surface area contributed by atoms with Gasteiger partial charge < -0.3 is 9.26 Å². The van der Waals surface area contributed by atoms with E-state index in [0.717, 1.165) is 24.3 Å². The molecule has 0 aliphatic heterocycles. The second-order valence-electron chi connectivity index (χ2n) is 4.54. The van der Waals surface area contributed by atoms with Gasteiger partial charge in [0.2, 0.25) is 12.2 Å². The summed E-state index contributed by atoms with van der Waals surface area (Å²) in [5.41, 5.74) is 0.934. The van der Waals surface area contributed by atoms with E-state index < -0.39 is 0 Å². The molecule has 0 radical (unpaired) electrons. The van der Waals surface area contributed by atoms with Crippen molar-refractivity contribution < 1.29 is 9.26 Å². The molecule has 102 valence electrons. The Morgan fingerprint density at radius 1 is 1.05 bits per heavy atom. The van der Waals surface area contributed by atoms with Gasteiger partial charge in [0.25, 0.3) is 0 Å². The van der Waals surface area contributed by atoms with Crippen LogP contribution in [0.4, 0.5) is 0 Å². The van der Waals surface area contributed by atoms with E-state index in [2.05, 4.69) is 17.1 Å². The lowest BCUT2D eigenvalue weighted by molar-refractivity contribution is 0.304. The molecule has 0 atom stereocenters. The van der Waals surface area contributed by atoms with E-state index >= 15 is 0 Å². The Morgan fingerprint density at radius 2 is 1.84 bits per heavy atom. The predicted molar refractivity (Wildman–Crippen MR) is 74.0 cm³/mol. The zero-order valence-corrected chi connectivity index (χ0v) is 11.3. The van der Waals surface area contributed by atoms with Gasteiger partial charge in [-0.1, -0.05) is 37.8 Å². The summed E-state index contributed by atoms with van der Waals surface area (Å²) < 4.78 is 10.4. The van der Waals surface area contributed by atoms with E-state index in [-0.39, 0.29) is 0 Å². The van der Waals surface area contributed by atoms with E-state index in [4.69, 9.17) is 9.26 Å². The first-order chi connectivity index (χ1) is 9.40. The molecular formula is C15H20N2O2. The van der Waals surface area contributed by atoms with Crippen molar-refractivity contribution in [1.82, 2.24) is 10.1 Å². The molecule has 2 rings (SSSR count). The highest BCUT2D eigenvalue weighted by Gasteiger charge is 2.02. The standard InChI is InChI=1S/C15H20N2O2/c1-2-3-4-5-6-11-18-14-9-7-13(8-10-14)15-16-12-19-17-15/h7-10,12H,2-6,11H2,1H3. The summed E-state index contributed by atoms with van der Waals surface area (Å²) in [4.78, 5) is 4.00. The van der Waals surface area contributed by atoms with Gasteiger partial charge in [-0.2, -0.15) is 4.98 Å². The summed E-state index contributed by atoms with van der Waals surface area (Å²) in [6.45, 7) is 3.01. The number of hydrogen-bond donors (Lipinski definition) is 0. The number of hydrogen-bond acceptors (Lipinski definition) is 4. The molecule has 0 unspecified atom stereocenters. The van der Waals surface area contributed by atoms with E-state index in [9.17, 15) is 0 Å². The van der Waals surface area contributed by atoms with Crippen molar-refractivity contribution in [1.29, 1.82) is 0 Å². The average Bonchev–Trinajstić information content (AvgIpc) is 2.97. The molecular weight excluding hydrogens is 240 g/mol. The molecule has 1 aromatic heterocycles. The fraction of sp³-hybridized carbons (Fsp3) is 0.467. The molecule has 4 heteroatoms. The lowest BCUT2D eigenvalue weighted by Gasteiger charge is -2.06. The van der Waals surface area contributed by atoms with Crippen LogP contribution in [0.1, 0.15) is 39.0 Å². The summed E-state index contributed by atoms with van der Waals surface area (Å²) in [6.07, 6.45) is 7.59. The molecule has 19 heavy (non-hydrogen) atoms. The van der Waals surface area contributed by atoms with E-state index in [1.165, 1.54) is 32.1 Å². The first kappa shape index (κ1) is 13.6. The maximum Gasteiger partial charge on any atom is 0.214 e. The third-order valence-corrected chi connectivity index (χ3v) is 2.99. The minimum absolute atomic E-state index is 0.603. The van der Waals surface area contributed by atoms with Crippen LogP contribution in [0.3, 0.4) is 0 Å². The Morgan fingerprint density at radius 3 is 2.53 bits per heavy atom. The second-order valence-corrected chi connectivity index (χ2v) is 4.54. The molecule has 0 aliphatic rings. The third kappa shape index (κ3) is 4.39. The van der Waals surface area contributed by atoms with Gasteiger partial charge in [0, 0.05) is 5.56 Å². The first-order valence-corrected chi connectivity index (χ1v) is 6.89. The zero-order chi connectivity index (χ0) is 13.3. The minimum atomic E-state index is 0.603. The number of ether oxygens (including phenoxy) is 1. The monoisotopic (exact) mass is 260 g/mol. The largest absolute Gasteiger partial charge is 0.494 e. The molecule has 0 fully saturated rings. The normalized spacial score (nSPS) is 10.6. The number of unbranched alkanes of at least 4 members (excludes halogenated alkanes) is 4. The fourth-order valence-electron chi connectivity index (χ4n) is 1.89. The summed E-state index contributed by atoms with van der Waals surface area (Å²) in [7, 11) is 0. The Labute approximate surface area is 113 Å². The molecule has 0 amide bonds. The van der Waals surface area contributed by atoms with Crippen LogP contribution in [0.25, 0.3) is 11.4 Å². The molecule has 4 nitrogen and oxygen atoms in total. The van der Waals surface area contributed by atoms with Crippen LogP contribution < -0.4 is 4.74 Å². The fourth-order valence-corrected chi connectivity index (χ4v) is 1.89. The van der Waals surface area contributed by atoms with E-state index in [0.29, 0.717) is 5.82 Å². The Balaban J connectivity index is 1.73.